The van der Waals surface area contributed by atoms with E-state index >= 15 is 0 Å². The number of amides is 1. The van der Waals surface area contributed by atoms with Gasteiger partial charge in [0, 0.05) is 5.02 Å². The predicted octanol–water partition coefficient (Wildman–Crippen LogP) is 3.02. The van der Waals surface area contributed by atoms with Gasteiger partial charge in [0.2, 0.25) is 5.91 Å². The van der Waals surface area contributed by atoms with Crippen LogP contribution < -0.4 is 19.7 Å². The lowest BCUT2D eigenvalue weighted by Gasteiger charge is -2.29. The molecular formula is C18H17ClN2O4. The number of hydrogen-bond acceptors (Lipinski definition) is 5. The lowest BCUT2D eigenvalue weighted by Crippen LogP contribution is -2.41. The van der Waals surface area contributed by atoms with Crippen LogP contribution in [-0.2, 0) is 9.59 Å². The molecule has 0 fully saturated rings. The van der Waals surface area contributed by atoms with Gasteiger partial charge in [-0.05, 0) is 42.8 Å². The van der Waals surface area contributed by atoms with Gasteiger partial charge in [-0.1, -0.05) is 17.7 Å². The van der Waals surface area contributed by atoms with E-state index in [1.807, 2.05) is 19.1 Å². The Balaban J connectivity index is 1.78. The van der Waals surface area contributed by atoms with E-state index in [-0.39, 0.29) is 19.0 Å². The predicted molar refractivity (Wildman–Crippen MR) is 95.7 cm³/mol. The highest BCUT2D eigenvalue weighted by Gasteiger charge is 2.26. The average molecular weight is 361 g/mol. The number of ether oxygens (including phenoxy) is 2. The van der Waals surface area contributed by atoms with Crippen molar-refractivity contribution in [2.75, 3.05) is 30.4 Å². The summed E-state index contributed by atoms with van der Waals surface area (Å²) in [6.07, 6.45) is 0. The maximum atomic E-state index is 12.4. The van der Waals surface area contributed by atoms with Crippen molar-refractivity contribution < 1.29 is 19.1 Å². The summed E-state index contributed by atoms with van der Waals surface area (Å²) in [5.74, 6) is 0.282. The topological polar surface area (TPSA) is 67.9 Å². The number of esters is 1. The number of carbonyl (C=O) groups excluding carboxylic acids is 2. The number of hydrogen-bond donors (Lipinski definition) is 1. The quantitative estimate of drug-likeness (QED) is 0.670. The molecule has 2 aromatic rings. The molecule has 1 aliphatic rings. The molecule has 0 radical (unpaired) electrons. The van der Waals surface area contributed by atoms with Gasteiger partial charge < -0.3 is 19.7 Å². The van der Waals surface area contributed by atoms with Gasteiger partial charge in [-0.15, -0.1) is 0 Å². The summed E-state index contributed by atoms with van der Waals surface area (Å²) in [7, 11) is 1.51. The van der Waals surface area contributed by atoms with Gasteiger partial charge in [0.25, 0.3) is 0 Å². The number of halogens is 1. The highest BCUT2D eigenvalue weighted by Crippen LogP contribution is 2.33. The van der Waals surface area contributed by atoms with Crippen molar-refractivity contribution in [1.82, 2.24) is 0 Å². The molecule has 25 heavy (non-hydrogen) atoms. The Hall–Kier alpha value is -2.73. The van der Waals surface area contributed by atoms with E-state index in [1.165, 1.54) is 7.11 Å². The number of anilines is 2. The number of nitrogens with zero attached hydrogens (tertiary/aromatic N) is 1. The van der Waals surface area contributed by atoms with Crippen LogP contribution in [0.5, 0.6) is 11.5 Å². The van der Waals surface area contributed by atoms with Crippen molar-refractivity contribution in [2.45, 2.75) is 6.92 Å². The number of fused-ring (bicyclic) bond motifs is 1. The monoisotopic (exact) mass is 360 g/mol. The van der Waals surface area contributed by atoms with Gasteiger partial charge in [-0.2, -0.15) is 0 Å². The second-order valence-corrected chi connectivity index (χ2v) is 6.13. The fourth-order valence-electron chi connectivity index (χ4n) is 2.64. The fraction of sp³-hybridized carbons (Fsp3) is 0.222. The molecule has 0 unspecified atom stereocenters. The molecule has 1 heterocycles. The first-order valence-electron chi connectivity index (χ1n) is 7.66. The van der Waals surface area contributed by atoms with Crippen LogP contribution >= 0.6 is 11.6 Å². The van der Waals surface area contributed by atoms with E-state index in [0.29, 0.717) is 27.9 Å². The Bertz CT molecular complexity index is 838. The van der Waals surface area contributed by atoms with E-state index in [4.69, 9.17) is 21.1 Å². The summed E-state index contributed by atoms with van der Waals surface area (Å²) >= 11 is 5.97. The van der Waals surface area contributed by atoms with Crippen LogP contribution in [0.4, 0.5) is 11.4 Å². The average Bonchev–Trinajstić information content (AvgIpc) is 2.54. The number of methoxy groups -OCH3 is 1. The van der Waals surface area contributed by atoms with Crippen LogP contribution in [0.15, 0.2) is 36.4 Å². The molecule has 6 nitrogen and oxygen atoms in total. The van der Waals surface area contributed by atoms with Gasteiger partial charge in [0.05, 0.1) is 25.0 Å². The molecule has 0 saturated heterocycles. The number of carbonyl (C=O) groups is 2. The van der Waals surface area contributed by atoms with Gasteiger partial charge in [-0.3, -0.25) is 4.79 Å². The summed E-state index contributed by atoms with van der Waals surface area (Å²) < 4.78 is 10.5. The van der Waals surface area contributed by atoms with Crippen molar-refractivity contribution in [3.63, 3.8) is 0 Å². The lowest BCUT2D eigenvalue weighted by atomic mass is 10.1. The first-order chi connectivity index (χ1) is 12.0. The van der Waals surface area contributed by atoms with E-state index in [2.05, 4.69) is 5.32 Å². The third-order valence-electron chi connectivity index (χ3n) is 3.77. The van der Waals surface area contributed by atoms with Gasteiger partial charge in [0.1, 0.15) is 12.3 Å². The smallest absolute Gasteiger partial charge is 0.331 e. The molecule has 1 amide bonds. The Labute approximate surface area is 150 Å². The van der Waals surface area contributed by atoms with E-state index in [1.54, 1.807) is 29.2 Å². The van der Waals surface area contributed by atoms with Gasteiger partial charge in [-0.25, -0.2) is 4.79 Å². The Morgan fingerprint density at radius 3 is 2.88 bits per heavy atom. The summed E-state index contributed by atoms with van der Waals surface area (Å²) in [6, 6.07) is 10.5. The zero-order valence-electron chi connectivity index (χ0n) is 13.8. The van der Waals surface area contributed by atoms with Crippen LogP contribution in [0.3, 0.4) is 0 Å². The molecule has 0 saturated carbocycles. The minimum Gasteiger partial charge on any atom is -0.495 e. The molecular weight excluding hydrogens is 344 g/mol. The number of aryl methyl sites for hydroxylation is 1. The Morgan fingerprint density at radius 1 is 1.32 bits per heavy atom. The van der Waals surface area contributed by atoms with E-state index < -0.39 is 5.97 Å². The van der Waals surface area contributed by atoms with E-state index in [9.17, 15) is 9.59 Å². The second-order valence-electron chi connectivity index (χ2n) is 5.69. The van der Waals surface area contributed by atoms with Crippen LogP contribution in [0, 0.1) is 6.92 Å². The summed E-state index contributed by atoms with van der Waals surface area (Å²) in [5.41, 5.74) is 2.16. The molecule has 0 spiro atoms. The van der Waals surface area contributed by atoms with Crippen molar-refractivity contribution in [2.24, 2.45) is 0 Å². The van der Waals surface area contributed by atoms with Crippen molar-refractivity contribution >= 4 is 34.9 Å². The normalized spacial score (nSPS) is 13.1. The molecule has 0 aromatic heterocycles. The van der Waals surface area contributed by atoms with Gasteiger partial charge >= 0.3 is 5.97 Å². The number of rotatable bonds is 4. The van der Waals surface area contributed by atoms with Gasteiger partial charge in [0.15, 0.2) is 5.75 Å². The van der Waals surface area contributed by atoms with Crippen LogP contribution in [0.25, 0.3) is 0 Å². The molecule has 1 N–H and O–H groups in total. The summed E-state index contributed by atoms with van der Waals surface area (Å²) in [5, 5.41) is 3.25. The number of benzene rings is 2. The second kappa shape index (κ2) is 7.03. The van der Waals surface area contributed by atoms with Crippen LogP contribution in [0.1, 0.15) is 5.56 Å². The van der Waals surface area contributed by atoms with Crippen molar-refractivity contribution in [3.8, 4) is 11.5 Å². The van der Waals surface area contributed by atoms with E-state index in [0.717, 1.165) is 5.56 Å². The summed E-state index contributed by atoms with van der Waals surface area (Å²) in [4.78, 5) is 25.9. The molecule has 2 aromatic carbocycles. The molecule has 130 valence electrons. The number of nitrogens with one attached hydrogen (secondary N) is 1. The highest BCUT2D eigenvalue weighted by atomic mass is 35.5. The lowest BCUT2D eigenvalue weighted by molar-refractivity contribution is -0.133. The van der Waals surface area contributed by atoms with Crippen LogP contribution in [0.2, 0.25) is 5.02 Å². The SMILES string of the molecule is COc1ccc(Cl)cc1NC(=O)CN1CC(=O)Oc2cc(C)ccc21. The zero-order valence-corrected chi connectivity index (χ0v) is 14.6. The Kier molecular flexibility index (Phi) is 4.81. The maximum absolute atomic E-state index is 12.4. The first kappa shape index (κ1) is 17.1. The van der Waals surface area contributed by atoms with Crippen LogP contribution in [-0.4, -0.2) is 32.1 Å². The minimum absolute atomic E-state index is 0.000822. The highest BCUT2D eigenvalue weighted by molar-refractivity contribution is 6.31. The molecule has 0 atom stereocenters. The first-order valence-corrected chi connectivity index (χ1v) is 8.04. The molecule has 0 aliphatic carbocycles. The fourth-order valence-corrected chi connectivity index (χ4v) is 2.81. The maximum Gasteiger partial charge on any atom is 0.331 e. The molecule has 0 bridgehead atoms. The zero-order chi connectivity index (χ0) is 18.0. The van der Waals surface area contributed by atoms with Crippen molar-refractivity contribution in [3.05, 3.63) is 47.0 Å². The molecule has 7 heteroatoms. The largest absolute Gasteiger partial charge is 0.495 e. The third-order valence-corrected chi connectivity index (χ3v) is 4.00. The molecule has 1 aliphatic heterocycles. The summed E-state index contributed by atoms with van der Waals surface area (Å²) in [6.45, 7) is 1.92. The molecule has 3 rings (SSSR count). The van der Waals surface area contributed by atoms with Crippen molar-refractivity contribution in [1.29, 1.82) is 0 Å². The third kappa shape index (κ3) is 3.85. The standard InChI is InChI=1S/C18H17ClN2O4/c1-11-3-5-14-16(7-11)25-18(23)10-21(14)9-17(22)20-13-8-12(19)4-6-15(13)24-2/h3-8H,9-10H2,1-2H3,(H,20,22). The Morgan fingerprint density at radius 2 is 2.12 bits per heavy atom. The minimum atomic E-state index is -0.397.